The van der Waals surface area contributed by atoms with E-state index in [0.717, 1.165) is 5.92 Å². The first-order valence-electron chi connectivity index (χ1n) is 9.40. The molecule has 2 aromatic carbocycles. The molecule has 0 aromatic heterocycles. The van der Waals surface area contributed by atoms with Crippen molar-refractivity contribution in [2.24, 2.45) is 5.92 Å². The van der Waals surface area contributed by atoms with Gasteiger partial charge in [-0.15, -0.1) is 0 Å². The van der Waals surface area contributed by atoms with Crippen LogP contribution in [0.2, 0.25) is 0 Å². The molecule has 0 spiro atoms. The number of hydrogen-bond donors (Lipinski definition) is 0. The molecule has 24 heavy (non-hydrogen) atoms. The molecule has 0 N–H and O–H groups in total. The van der Waals surface area contributed by atoms with E-state index in [-0.39, 0.29) is 0 Å². The van der Waals surface area contributed by atoms with Crippen molar-refractivity contribution < 1.29 is 0 Å². The first-order chi connectivity index (χ1) is 11.8. The van der Waals surface area contributed by atoms with Gasteiger partial charge in [0.2, 0.25) is 0 Å². The van der Waals surface area contributed by atoms with E-state index in [2.05, 4.69) is 65.4 Å². The Morgan fingerprint density at radius 2 is 1.33 bits per heavy atom. The molecule has 0 radical (unpaired) electrons. The van der Waals surface area contributed by atoms with Crippen molar-refractivity contribution in [1.82, 2.24) is 9.80 Å². The number of likely N-dealkylation sites (N-methyl/N-ethyl adjacent to an activating group) is 1. The lowest BCUT2D eigenvalue weighted by molar-refractivity contribution is 0.124. The largest absolute Gasteiger partial charge is 0.304 e. The van der Waals surface area contributed by atoms with Crippen LogP contribution in [0.15, 0.2) is 48.5 Å². The zero-order chi connectivity index (χ0) is 16.1. The lowest BCUT2D eigenvalue weighted by Gasteiger charge is -2.47. The molecular formula is C22H26N2. The topological polar surface area (TPSA) is 6.48 Å². The van der Waals surface area contributed by atoms with E-state index in [1.165, 1.54) is 39.1 Å². The van der Waals surface area contributed by atoms with E-state index in [1.54, 1.807) is 22.3 Å². The number of piperazine rings is 1. The quantitative estimate of drug-likeness (QED) is 0.836. The van der Waals surface area contributed by atoms with Crippen molar-refractivity contribution in [2.75, 3.05) is 39.8 Å². The van der Waals surface area contributed by atoms with Crippen molar-refractivity contribution in [2.45, 2.75) is 18.3 Å². The molecule has 1 atom stereocenters. The summed E-state index contributed by atoms with van der Waals surface area (Å²) in [6.45, 7) is 6.15. The fourth-order valence-electron chi connectivity index (χ4n) is 5.30. The highest BCUT2D eigenvalue weighted by Gasteiger charge is 2.43. The Morgan fingerprint density at radius 1 is 0.792 bits per heavy atom. The predicted molar refractivity (Wildman–Crippen MR) is 98.6 cm³/mol. The van der Waals surface area contributed by atoms with Crippen LogP contribution in [0, 0.1) is 5.92 Å². The van der Waals surface area contributed by atoms with Crippen LogP contribution in [0.5, 0.6) is 0 Å². The summed E-state index contributed by atoms with van der Waals surface area (Å²) < 4.78 is 0. The molecule has 1 heterocycles. The summed E-state index contributed by atoms with van der Waals surface area (Å²) in [4.78, 5) is 5.16. The van der Waals surface area contributed by atoms with Crippen molar-refractivity contribution >= 4 is 0 Å². The zero-order valence-electron chi connectivity index (χ0n) is 14.5. The van der Waals surface area contributed by atoms with Gasteiger partial charge in [-0.05, 0) is 41.6 Å². The molecule has 6 rings (SSSR count). The molecule has 1 fully saturated rings. The van der Waals surface area contributed by atoms with Crippen LogP contribution < -0.4 is 0 Å². The van der Waals surface area contributed by atoms with E-state index in [0.29, 0.717) is 11.8 Å². The second-order valence-corrected chi connectivity index (χ2v) is 7.89. The number of rotatable bonds is 2. The maximum atomic E-state index is 2.70. The van der Waals surface area contributed by atoms with Gasteiger partial charge in [0.25, 0.3) is 0 Å². The average Bonchev–Trinajstić information content (AvgIpc) is 2.64. The smallest absolute Gasteiger partial charge is 0.0136 e. The van der Waals surface area contributed by atoms with Crippen LogP contribution in [0.4, 0.5) is 0 Å². The van der Waals surface area contributed by atoms with Crippen molar-refractivity contribution in [3.63, 3.8) is 0 Å². The van der Waals surface area contributed by atoms with Crippen molar-refractivity contribution in [3.05, 3.63) is 70.8 Å². The van der Waals surface area contributed by atoms with Crippen LogP contribution in [0.1, 0.15) is 40.5 Å². The Labute approximate surface area is 145 Å². The molecule has 2 bridgehead atoms. The van der Waals surface area contributed by atoms with E-state index in [9.17, 15) is 0 Å². The predicted octanol–water partition coefficient (Wildman–Crippen LogP) is 3.53. The van der Waals surface area contributed by atoms with E-state index in [1.807, 2.05) is 0 Å². The van der Waals surface area contributed by atoms with Gasteiger partial charge in [-0.2, -0.15) is 0 Å². The Kier molecular flexibility index (Phi) is 3.50. The molecule has 0 amide bonds. The third-order valence-corrected chi connectivity index (χ3v) is 6.51. The Hall–Kier alpha value is -1.64. The molecular weight excluding hydrogens is 292 g/mol. The highest BCUT2D eigenvalue weighted by Crippen LogP contribution is 2.55. The molecule has 124 valence electrons. The zero-order valence-corrected chi connectivity index (χ0v) is 14.5. The van der Waals surface area contributed by atoms with Gasteiger partial charge in [-0.25, -0.2) is 0 Å². The van der Waals surface area contributed by atoms with Gasteiger partial charge in [0.15, 0.2) is 0 Å². The standard InChI is InChI=1S/C22H26N2/c1-23-10-12-24(13-11-23)15-16-14-21-17-6-2-4-8-19(17)22(16)20-9-5-3-7-18(20)21/h2-9,16,21-22H,10-15H2,1H3. The monoisotopic (exact) mass is 318 g/mol. The first kappa shape index (κ1) is 14.7. The van der Waals surface area contributed by atoms with Gasteiger partial charge in [0.1, 0.15) is 0 Å². The van der Waals surface area contributed by atoms with Crippen LogP contribution in [0.3, 0.4) is 0 Å². The molecule has 3 aliphatic carbocycles. The van der Waals surface area contributed by atoms with Gasteiger partial charge in [0, 0.05) is 44.6 Å². The summed E-state index contributed by atoms with van der Waals surface area (Å²) in [6.07, 6.45) is 1.32. The number of hydrogen-bond acceptors (Lipinski definition) is 2. The van der Waals surface area contributed by atoms with Crippen LogP contribution in [0.25, 0.3) is 0 Å². The molecule has 2 heteroatoms. The van der Waals surface area contributed by atoms with Gasteiger partial charge >= 0.3 is 0 Å². The van der Waals surface area contributed by atoms with Crippen LogP contribution >= 0.6 is 0 Å². The second kappa shape index (κ2) is 5.72. The number of benzene rings is 2. The maximum absolute atomic E-state index is 2.70. The van der Waals surface area contributed by atoms with Crippen molar-refractivity contribution in [3.8, 4) is 0 Å². The van der Waals surface area contributed by atoms with Gasteiger partial charge in [-0.1, -0.05) is 48.5 Å². The molecule has 2 aromatic rings. The van der Waals surface area contributed by atoms with E-state index < -0.39 is 0 Å². The summed E-state index contributed by atoms with van der Waals surface area (Å²) in [5.74, 6) is 1.98. The SMILES string of the molecule is CN1CCN(CC2CC3c4ccccc4C2c2ccccc23)CC1. The average molecular weight is 318 g/mol. The Bertz CT molecular complexity index is 698. The highest BCUT2D eigenvalue weighted by molar-refractivity contribution is 5.55. The Balaban J connectivity index is 1.49. The third-order valence-electron chi connectivity index (χ3n) is 6.51. The minimum absolute atomic E-state index is 0.599. The molecule has 1 aliphatic heterocycles. The van der Waals surface area contributed by atoms with E-state index in [4.69, 9.17) is 0 Å². The molecule has 4 aliphatic rings. The minimum Gasteiger partial charge on any atom is -0.304 e. The Morgan fingerprint density at radius 3 is 1.92 bits per heavy atom. The molecule has 0 saturated carbocycles. The summed E-state index contributed by atoms with van der Waals surface area (Å²) in [5.41, 5.74) is 6.39. The molecule has 1 unspecified atom stereocenters. The fraction of sp³-hybridized carbons (Fsp3) is 0.455. The summed E-state index contributed by atoms with van der Waals surface area (Å²) in [6, 6.07) is 18.4. The maximum Gasteiger partial charge on any atom is 0.0136 e. The molecule has 2 nitrogen and oxygen atoms in total. The van der Waals surface area contributed by atoms with Gasteiger partial charge < -0.3 is 9.80 Å². The lowest BCUT2D eigenvalue weighted by Crippen LogP contribution is -2.48. The first-order valence-corrected chi connectivity index (χ1v) is 9.40. The van der Waals surface area contributed by atoms with Crippen LogP contribution in [-0.2, 0) is 0 Å². The summed E-state index contributed by atoms with van der Waals surface area (Å²) in [5, 5.41) is 0. The summed E-state index contributed by atoms with van der Waals surface area (Å²) in [7, 11) is 2.24. The second-order valence-electron chi connectivity index (χ2n) is 7.89. The third kappa shape index (κ3) is 2.24. The van der Waals surface area contributed by atoms with Crippen molar-refractivity contribution in [1.29, 1.82) is 0 Å². The number of fused-ring (bicyclic) bond motifs is 1. The van der Waals surface area contributed by atoms with Gasteiger partial charge in [-0.3, -0.25) is 0 Å². The lowest BCUT2D eigenvalue weighted by atomic mass is 9.59. The molecule has 1 saturated heterocycles. The highest BCUT2D eigenvalue weighted by atomic mass is 15.2. The minimum atomic E-state index is 0.599. The summed E-state index contributed by atoms with van der Waals surface area (Å²) >= 11 is 0. The van der Waals surface area contributed by atoms with Gasteiger partial charge in [0.05, 0.1) is 0 Å². The van der Waals surface area contributed by atoms with E-state index >= 15 is 0 Å². The fourth-order valence-corrected chi connectivity index (χ4v) is 5.30. The van der Waals surface area contributed by atoms with Crippen LogP contribution in [-0.4, -0.2) is 49.6 Å². The normalized spacial score (nSPS) is 29.3. The number of nitrogens with zero attached hydrogens (tertiary/aromatic N) is 2.